The molecule has 0 radical (unpaired) electrons. The third-order valence-corrected chi connectivity index (χ3v) is 9.22. The molecule has 0 aromatic heterocycles. The van der Waals surface area contributed by atoms with Crippen LogP contribution in [-0.4, -0.2) is 13.6 Å². The average Bonchev–Trinajstić information content (AvgIpc) is 3.13. The molecule has 0 saturated carbocycles. The van der Waals surface area contributed by atoms with Crippen molar-refractivity contribution in [2.75, 3.05) is 0 Å². The molecule has 2 aromatic carbocycles. The van der Waals surface area contributed by atoms with Gasteiger partial charge in [-0.1, -0.05) is 84.9 Å². The maximum absolute atomic E-state index is 2.51. The molecule has 28 heavy (non-hydrogen) atoms. The fourth-order valence-corrected chi connectivity index (χ4v) is 7.81. The molecule has 0 bridgehead atoms. The summed E-state index contributed by atoms with van der Waals surface area (Å²) in [5, 5.41) is 1.86. The van der Waals surface area contributed by atoms with Gasteiger partial charge in [0.25, 0.3) is 0 Å². The first-order valence-corrected chi connectivity index (χ1v) is 13.3. The molecule has 1 atom stereocenters. The Balaban J connectivity index is 1.72. The van der Waals surface area contributed by atoms with Crippen molar-refractivity contribution in [3.8, 4) is 11.1 Å². The molecule has 142 valence electrons. The molecule has 0 fully saturated rings. The summed E-state index contributed by atoms with van der Waals surface area (Å²) in [5.74, 6) is 1.06. The molecule has 0 N–H and O–H groups in total. The highest BCUT2D eigenvalue weighted by molar-refractivity contribution is 6.69. The third-order valence-electron chi connectivity index (χ3n) is 7.25. The molecule has 1 unspecified atom stereocenters. The number of hydrogen-bond donors (Lipinski definition) is 0. The smallest absolute Gasteiger partial charge is 0.0354 e. The van der Waals surface area contributed by atoms with Gasteiger partial charge >= 0.3 is 0 Å². The van der Waals surface area contributed by atoms with E-state index in [-0.39, 0.29) is 8.41 Å². The zero-order valence-corrected chi connectivity index (χ0v) is 18.6. The maximum atomic E-state index is 2.51. The van der Waals surface area contributed by atoms with E-state index in [1.165, 1.54) is 47.9 Å². The molecule has 0 heterocycles. The normalized spacial score (nSPS) is 21.6. The first-order chi connectivity index (χ1) is 13.6. The van der Waals surface area contributed by atoms with Crippen LogP contribution < -0.4 is 0 Å². The van der Waals surface area contributed by atoms with Crippen LogP contribution in [0.5, 0.6) is 0 Å². The lowest BCUT2D eigenvalue weighted by atomic mass is 9.79. The monoisotopic (exact) mass is 382 g/mol. The number of benzene rings is 2. The van der Waals surface area contributed by atoms with Crippen molar-refractivity contribution >= 4 is 13.6 Å². The minimum Gasteiger partial charge on any atom is -0.0828 e. The molecule has 3 aliphatic carbocycles. The molecule has 1 heteroatoms. The van der Waals surface area contributed by atoms with Crippen molar-refractivity contribution in [1.29, 1.82) is 0 Å². The molecule has 3 aliphatic rings. The van der Waals surface area contributed by atoms with E-state index >= 15 is 0 Å². The van der Waals surface area contributed by atoms with Crippen molar-refractivity contribution in [3.05, 3.63) is 82.0 Å². The molecular weight excluding hydrogens is 352 g/mol. The standard InChI is InChI=1S/C27H30Si/c1-17-16-19-10-9-15-24(28(3)4)18(2)26(19)25(17)27-22-13-7-5-11-20(22)21-12-6-8-14-23(21)27/h5-8,11-14,18,27H,9-10,15-16H2,1-4H3. The summed E-state index contributed by atoms with van der Waals surface area (Å²) < 4.78 is 0. The Bertz CT molecular complexity index is 1010. The lowest BCUT2D eigenvalue weighted by molar-refractivity contribution is 0.840. The van der Waals surface area contributed by atoms with E-state index in [0.717, 1.165) is 0 Å². The van der Waals surface area contributed by atoms with Crippen LogP contribution in [0.15, 0.2) is 70.8 Å². The first-order valence-electron chi connectivity index (χ1n) is 10.8. The van der Waals surface area contributed by atoms with Gasteiger partial charge in [-0.05, 0) is 71.9 Å². The Morgan fingerprint density at radius 3 is 2.04 bits per heavy atom. The molecule has 5 rings (SSSR count). The van der Waals surface area contributed by atoms with Crippen LogP contribution in [0.3, 0.4) is 0 Å². The molecule has 0 amide bonds. The van der Waals surface area contributed by atoms with Gasteiger partial charge in [-0.25, -0.2) is 0 Å². The van der Waals surface area contributed by atoms with E-state index in [2.05, 4.69) is 75.5 Å². The van der Waals surface area contributed by atoms with Crippen LogP contribution in [-0.2, 0) is 0 Å². The second-order valence-corrected chi connectivity index (χ2v) is 11.7. The summed E-state index contributed by atoms with van der Waals surface area (Å²) >= 11 is 0. The fraction of sp³-hybridized carbons (Fsp3) is 0.370. The quantitative estimate of drug-likeness (QED) is 0.460. The third kappa shape index (κ3) is 2.59. The minimum atomic E-state index is -0.368. The van der Waals surface area contributed by atoms with Gasteiger partial charge in [0, 0.05) is 14.3 Å². The predicted molar refractivity (Wildman–Crippen MR) is 124 cm³/mol. The Labute approximate surface area is 171 Å². The predicted octanol–water partition coefficient (Wildman–Crippen LogP) is 7.14. The van der Waals surface area contributed by atoms with Gasteiger partial charge in [-0.15, -0.1) is 0 Å². The van der Waals surface area contributed by atoms with Gasteiger partial charge in [0.05, 0.1) is 0 Å². The van der Waals surface area contributed by atoms with Crippen LogP contribution in [0.1, 0.15) is 56.6 Å². The highest BCUT2D eigenvalue weighted by Crippen LogP contribution is 2.55. The maximum Gasteiger partial charge on any atom is 0.0354 e. The Hall–Kier alpha value is -1.99. The van der Waals surface area contributed by atoms with Crippen LogP contribution in [0, 0.1) is 5.92 Å². The largest absolute Gasteiger partial charge is 0.0828 e. The van der Waals surface area contributed by atoms with E-state index in [9.17, 15) is 0 Å². The van der Waals surface area contributed by atoms with Crippen molar-refractivity contribution in [1.82, 2.24) is 0 Å². The zero-order chi connectivity index (χ0) is 19.4. The van der Waals surface area contributed by atoms with E-state index in [1.54, 1.807) is 22.3 Å². The van der Waals surface area contributed by atoms with E-state index in [4.69, 9.17) is 0 Å². The molecule has 0 saturated heterocycles. The Morgan fingerprint density at radius 2 is 1.43 bits per heavy atom. The molecule has 0 nitrogen and oxygen atoms in total. The summed E-state index contributed by atoms with van der Waals surface area (Å²) in [6, 6.07) is 18.2. The summed E-state index contributed by atoms with van der Waals surface area (Å²) in [6.45, 7) is 9.91. The van der Waals surface area contributed by atoms with Crippen molar-refractivity contribution in [3.63, 3.8) is 0 Å². The zero-order valence-electron chi connectivity index (χ0n) is 17.6. The van der Waals surface area contributed by atoms with E-state index in [1.807, 2.05) is 5.17 Å². The van der Waals surface area contributed by atoms with E-state index < -0.39 is 0 Å². The van der Waals surface area contributed by atoms with Gasteiger partial charge in [0.1, 0.15) is 0 Å². The summed E-state index contributed by atoms with van der Waals surface area (Å²) in [4.78, 5) is 0. The lowest BCUT2D eigenvalue weighted by Gasteiger charge is -2.26. The SMILES string of the molecule is CC1=C(C2c3ccccc3-c3ccccc32)C2=C(CCCC(=[Si](C)C)C2C)C1. The topological polar surface area (TPSA) is 0 Å². The van der Waals surface area contributed by atoms with Gasteiger partial charge in [0.2, 0.25) is 0 Å². The summed E-state index contributed by atoms with van der Waals surface area (Å²) in [6.07, 6.45) is 5.21. The molecule has 0 spiro atoms. The van der Waals surface area contributed by atoms with E-state index in [0.29, 0.717) is 11.8 Å². The highest BCUT2D eigenvalue weighted by Gasteiger charge is 2.38. The molecule has 2 aromatic rings. The number of allylic oxidation sites excluding steroid dienone is 4. The fourth-order valence-electron chi connectivity index (χ4n) is 6.13. The number of hydrogen-bond acceptors (Lipinski definition) is 0. The van der Waals surface area contributed by atoms with Gasteiger partial charge in [0.15, 0.2) is 0 Å². The molecular formula is C27H30Si. The Kier molecular flexibility index (Phi) is 4.39. The van der Waals surface area contributed by atoms with Gasteiger partial charge in [-0.2, -0.15) is 0 Å². The Morgan fingerprint density at radius 1 is 0.821 bits per heavy atom. The van der Waals surface area contributed by atoms with Crippen molar-refractivity contribution in [2.45, 2.75) is 58.5 Å². The first kappa shape index (κ1) is 18.1. The summed E-state index contributed by atoms with van der Waals surface area (Å²) in [7, 11) is -0.368. The number of rotatable bonds is 1. The average molecular weight is 383 g/mol. The highest BCUT2D eigenvalue weighted by atomic mass is 28.2. The molecule has 0 aliphatic heterocycles. The van der Waals surface area contributed by atoms with Crippen LogP contribution >= 0.6 is 0 Å². The lowest BCUT2D eigenvalue weighted by Crippen LogP contribution is -2.22. The number of fused-ring (bicyclic) bond motifs is 3. The minimum absolute atomic E-state index is 0.368. The second-order valence-electron chi connectivity index (χ2n) is 9.10. The second kappa shape index (κ2) is 6.81. The van der Waals surface area contributed by atoms with Crippen molar-refractivity contribution in [2.24, 2.45) is 5.92 Å². The van der Waals surface area contributed by atoms with Crippen LogP contribution in [0.25, 0.3) is 11.1 Å². The van der Waals surface area contributed by atoms with Gasteiger partial charge in [-0.3, -0.25) is 0 Å². The van der Waals surface area contributed by atoms with Crippen LogP contribution in [0.2, 0.25) is 13.1 Å². The van der Waals surface area contributed by atoms with Crippen molar-refractivity contribution < 1.29 is 0 Å². The van der Waals surface area contributed by atoms with Crippen LogP contribution in [0.4, 0.5) is 0 Å². The van der Waals surface area contributed by atoms with Gasteiger partial charge < -0.3 is 0 Å². The summed E-state index contributed by atoms with van der Waals surface area (Å²) in [5.41, 5.74) is 12.7.